The zero-order valence-corrected chi connectivity index (χ0v) is 12.9. The van der Waals surface area contributed by atoms with Crippen molar-refractivity contribution in [3.8, 4) is 0 Å². The number of amides is 1. The fourth-order valence-corrected chi connectivity index (χ4v) is 2.28. The fraction of sp³-hybridized carbons (Fsp3) is 0. The summed E-state index contributed by atoms with van der Waals surface area (Å²) in [6, 6.07) is 7.52. The molecular weight excluding hydrogens is 342 g/mol. The van der Waals surface area contributed by atoms with Crippen molar-refractivity contribution in [3.05, 3.63) is 56.0 Å². The minimum absolute atomic E-state index is 0.239. The van der Waals surface area contributed by atoms with Crippen LogP contribution in [0.15, 0.2) is 30.3 Å². The lowest BCUT2D eigenvalue weighted by molar-refractivity contribution is 0.102. The number of anilines is 2. The van der Waals surface area contributed by atoms with Gasteiger partial charge in [-0.25, -0.2) is 0 Å². The van der Waals surface area contributed by atoms with E-state index >= 15 is 0 Å². The van der Waals surface area contributed by atoms with Crippen molar-refractivity contribution in [2.45, 2.75) is 0 Å². The second-order valence-electron chi connectivity index (χ2n) is 3.93. The molecule has 0 aliphatic rings. The van der Waals surface area contributed by atoms with Gasteiger partial charge >= 0.3 is 0 Å². The summed E-state index contributed by atoms with van der Waals surface area (Å²) in [4.78, 5) is 12.1. The highest BCUT2D eigenvalue weighted by molar-refractivity contribution is 6.38. The predicted octanol–water partition coefficient (Wildman–Crippen LogP) is 5.13. The van der Waals surface area contributed by atoms with E-state index in [4.69, 9.17) is 52.1 Å². The van der Waals surface area contributed by atoms with Crippen molar-refractivity contribution in [3.63, 3.8) is 0 Å². The Morgan fingerprint density at radius 1 is 0.950 bits per heavy atom. The van der Waals surface area contributed by atoms with E-state index in [0.717, 1.165) is 0 Å². The van der Waals surface area contributed by atoms with Crippen LogP contribution in [-0.4, -0.2) is 5.91 Å². The average Bonchev–Trinajstić information content (AvgIpc) is 2.38. The average molecular weight is 350 g/mol. The first-order valence-corrected chi connectivity index (χ1v) is 6.90. The molecular formula is C13H8Cl4N2O. The quantitative estimate of drug-likeness (QED) is 0.738. The van der Waals surface area contributed by atoms with Gasteiger partial charge in [0.1, 0.15) is 0 Å². The summed E-state index contributed by atoms with van der Waals surface area (Å²) >= 11 is 23.7. The molecule has 0 radical (unpaired) electrons. The topological polar surface area (TPSA) is 55.1 Å². The summed E-state index contributed by atoms with van der Waals surface area (Å²) < 4.78 is 0. The van der Waals surface area contributed by atoms with Crippen LogP contribution in [-0.2, 0) is 0 Å². The molecule has 2 rings (SSSR count). The predicted molar refractivity (Wildman–Crippen MR) is 85.3 cm³/mol. The lowest BCUT2D eigenvalue weighted by atomic mass is 10.2. The Labute approximate surface area is 135 Å². The number of nitrogens with one attached hydrogen (secondary N) is 1. The maximum absolute atomic E-state index is 12.1. The molecule has 2 aromatic rings. The van der Waals surface area contributed by atoms with Gasteiger partial charge in [0, 0.05) is 5.02 Å². The first kappa shape index (κ1) is 15.3. The monoisotopic (exact) mass is 348 g/mol. The van der Waals surface area contributed by atoms with E-state index in [9.17, 15) is 4.79 Å². The number of nitrogens with two attached hydrogens (primary N) is 1. The van der Waals surface area contributed by atoms with Crippen LogP contribution in [0, 0.1) is 0 Å². The van der Waals surface area contributed by atoms with Crippen LogP contribution in [0.25, 0.3) is 0 Å². The van der Waals surface area contributed by atoms with Gasteiger partial charge in [0.2, 0.25) is 0 Å². The van der Waals surface area contributed by atoms with Crippen molar-refractivity contribution >= 4 is 63.7 Å². The smallest absolute Gasteiger partial charge is 0.257 e. The Kier molecular flexibility index (Phi) is 4.66. The molecule has 0 fully saturated rings. The number of halogens is 4. The van der Waals surface area contributed by atoms with Gasteiger partial charge in [0.05, 0.1) is 32.0 Å². The van der Waals surface area contributed by atoms with Gasteiger partial charge in [0.25, 0.3) is 5.91 Å². The highest BCUT2D eigenvalue weighted by Gasteiger charge is 2.14. The second-order valence-corrected chi connectivity index (χ2v) is 5.59. The highest BCUT2D eigenvalue weighted by Crippen LogP contribution is 2.31. The molecule has 0 spiro atoms. The number of carbonyl (C=O) groups is 1. The van der Waals surface area contributed by atoms with E-state index < -0.39 is 5.91 Å². The summed E-state index contributed by atoms with van der Waals surface area (Å²) in [6.45, 7) is 0. The van der Waals surface area contributed by atoms with Crippen LogP contribution in [0.4, 0.5) is 11.4 Å². The molecule has 0 saturated heterocycles. The highest BCUT2D eigenvalue weighted by atomic mass is 35.5. The number of rotatable bonds is 2. The van der Waals surface area contributed by atoms with Crippen molar-refractivity contribution in [1.82, 2.24) is 0 Å². The largest absolute Gasteiger partial charge is 0.397 e. The number of nitrogen functional groups attached to an aromatic ring is 1. The van der Waals surface area contributed by atoms with Gasteiger partial charge in [-0.1, -0.05) is 46.4 Å². The Balaban J connectivity index is 2.32. The standard InChI is InChI=1S/C13H8Cl4N2O/c14-6-1-2-8(15)7(3-6)13(20)19-12-5-9(16)11(18)4-10(12)17/h1-5H,18H2,(H,19,20). The van der Waals surface area contributed by atoms with Gasteiger partial charge in [0.15, 0.2) is 0 Å². The summed E-state index contributed by atoms with van der Waals surface area (Å²) in [7, 11) is 0. The van der Waals surface area contributed by atoms with Gasteiger partial charge in [-0.15, -0.1) is 0 Å². The van der Waals surface area contributed by atoms with Crippen LogP contribution in [0.1, 0.15) is 10.4 Å². The van der Waals surface area contributed by atoms with Crippen LogP contribution < -0.4 is 11.1 Å². The second kappa shape index (κ2) is 6.10. The fourth-order valence-electron chi connectivity index (χ4n) is 1.52. The number of carbonyl (C=O) groups excluding carboxylic acids is 1. The van der Waals surface area contributed by atoms with E-state index in [1.165, 1.54) is 24.3 Å². The third-order valence-corrected chi connectivity index (χ3v) is 3.71. The molecule has 7 heteroatoms. The first-order valence-electron chi connectivity index (χ1n) is 5.39. The molecule has 3 nitrogen and oxygen atoms in total. The van der Waals surface area contributed by atoms with Gasteiger partial charge in [-0.3, -0.25) is 4.79 Å². The minimum atomic E-state index is -0.444. The summed E-state index contributed by atoms with van der Waals surface area (Å²) in [5, 5.41) is 3.86. The zero-order chi connectivity index (χ0) is 14.9. The maximum Gasteiger partial charge on any atom is 0.257 e. The molecule has 0 aliphatic heterocycles. The third kappa shape index (κ3) is 3.30. The molecule has 1 amide bonds. The Morgan fingerprint density at radius 2 is 1.65 bits per heavy atom. The van der Waals surface area contributed by atoms with Crippen molar-refractivity contribution in [1.29, 1.82) is 0 Å². The van der Waals surface area contributed by atoms with Crippen LogP contribution in [0.3, 0.4) is 0 Å². The van der Waals surface area contributed by atoms with Crippen LogP contribution in [0.2, 0.25) is 20.1 Å². The molecule has 0 saturated carbocycles. The molecule has 20 heavy (non-hydrogen) atoms. The summed E-state index contributed by atoms with van der Waals surface area (Å²) in [5.74, 6) is -0.444. The molecule has 0 unspecified atom stereocenters. The van der Waals surface area contributed by atoms with E-state index in [-0.39, 0.29) is 15.6 Å². The van der Waals surface area contributed by atoms with Gasteiger partial charge in [-0.05, 0) is 30.3 Å². The Morgan fingerprint density at radius 3 is 2.35 bits per heavy atom. The summed E-state index contributed by atoms with van der Waals surface area (Å²) in [6.07, 6.45) is 0. The number of benzene rings is 2. The first-order chi connectivity index (χ1) is 9.38. The molecule has 0 aromatic heterocycles. The van der Waals surface area contributed by atoms with E-state index in [0.29, 0.717) is 21.4 Å². The molecule has 104 valence electrons. The van der Waals surface area contributed by atoms with E-state index in [1.807, 2.05) is 0 Å². The number of hydrogen-bond acceptors (Lipinski definition) is 2. The molecule has 3 N–H and O–H groups in total. The normalized spacial score (nSPS) is 10.4. The maximum atomic E-state index is 12.1. The van der Waals surface area contributed by atoms with Crippen molar-refractivity contribution in [2.24, 2.45) is 0 Å². The molecule has 0 aliphatic carbocycles. The molecule has 0 bridgehead atoms. The van der Waals surface area contributed by atoms with Crippen molar-refractivity contribution < 1.29 is 4.79 Å². The zero-order valence-electron chi connectivity index (χ0n) is 9.88. The molecule has 0 atom stereocenters. The third-order valence-electron chi connectivity index (χ3n) is 2.51. The lowest BCUT2D eigenvalue weighted by Crippen LogP contribution is -2.13. The van der Waals surface area contributed by atoms with Crippen LogP contribution in [0.5, 0.6) is 0 Å². The SMILES string of the molecule is Nc1cc(Cl)c(NC(=O)c2cc(Cl)ccc2Cl)cc1Cl. The van der Waals surface area contributed by atoms with E-state index in [1.54, 1.807) is 6.07 Å². The lowest BCUT2D eigenvalue weighted by Gasteiger charge is -2.10. The van der Waals surface area contributed by atoms with Crippen LogP contribution >= 0.6 is 46.4 Å². The Hall–Kier alpha value is -1.13. The molecule has 0 heterocycles. The Bertz CT molecular complexity index is 688. The van der Waals surface area contributed by atoms with Crippen molar-refractivity contribution in [2.75, 3.05) is 11.1 Å². The number of hydrogen-bond donors (Lipinski definition) is 2. The van der Waals surface area contributed by atoms with Gasteiger partial charge in [-0.2, -0.15) is 0 Å². The molecule has 2 aromatic carbocycles. The summed E-state index contributed by atoms with van der Waals surface area (Å²) in [5.41, 5.74) is 6.52. The minimum Gasteiger partial charge on any atom is -0.397 e. The van der Waals surface area contributed by atoms with E-state index in [2.05, 4.69) is 5.32 Å². The van der Waals surface area contributed by atoms with Gasteiger partial charge < -0.3 is 11.1 Å².